The summed E-state index contributed by atoms with van der Waals surface area (Å²) in [6.45, 7) is 19.4. The van der Waals surface area contributed by atoms with Crippen molar-refractivity contribution in [3.63, 3.8) is 0 Å². The summed E-state index contributed by atoms with van der Waals surface area (Å²) in [5.41, 5.74) is 0.543. The fourth-order valence-corrected chi connectivity index (χ4v) is 3.89. The summed E-state index contributed by atoms with van der Waals surface area (Å²) in [7, 11) is 0. The van der Waals surface area contributed by atoms with Crippen molar-refractivity contribution in [3.8, 4) is 0 Å². The van der Waals surface area contributed by atoms with Gasteiger partial charge in [-0.1, -0.05) is 55.4 Å². The molecule has 0 N–H and O–H groups in total. The predicted octanol–water partition coefficient (Wildman–Crippen LogP) is 5.23. The summed E-state index contributed by atoms with van der Waals surface area (Å²) in [6.07, 6.45) is 1.39. The highest BCUT2D eigenvalue weighted by molar-refractivity contribution is 5.00. The lowest BCUT2D eigenvalue weighted by Crippen LogP contribution is -2.24. The second-order valence-electron chi connectivity index (χ2n) is 7.52. The van der Waals surface area contributed by atoms with E-state index in [1.54, 1.807) is 0 Å². The Labute approximate surface area is 103 Å². The van der Waals surface area contributed by atoms with Gasteiger partial charge >= 0.3 is 0 Å². The van der Waals surface area contributed by atoms with Crippen molar-refractivity contribution in [2.45, 2.75) is 61.8 Å². The molecule has 1 rings (SSSR count). The molecule has 1 aliphatic carbocycles. The molecular weight excluding hydrogens is 192 g/mol. The first-order chi connectivity index (χ1) is 7.18. The Morgan fingerprint density at radius 3 is 1.69 bits per heavy atom. The third kappa shape index (κ3) is 2.81. The van der Waals surface area contributed by atoms with Crippen LogP contribution in [0.1, 0.15) is 61.8 Å². The quantitative estimate of drug-likeness (QED) is 0.599. The maximum atomic E-state index is 2.49. The van der Waals surface area contributed by atoms with Gasteiger partial charge in [0.2, 0.25) is 0 Å². The molecule has 0 amide bonds. The van der Waals surface area contributed by atoms with Crippen LogP contribution in [-0.2, 0) is 0 Å². The van der Waals surface area contributed by atoms with E-state index in [0.29, 0.717) is 5.41 Å². The average Bonchev–Trinajstić information content (AvgIpc) is 2.73. The molecule has 4 unspecified atom stereocenters. The molecule has 0 heteroatoms. The first kappa shape index (κ1) is 14.1. The van der Waals surface area contributed by atoms with Crippen molar-refractivity contribution < 1.29 is 0 Å². The van der Waals surface area contributed by atoms with E-state index in [2.05, 4.69) is 55.4 Å². The van der Waals surface area contributed by atoms with Crippen molar-refractivity contribution in [1.29, 1.82) is 0 Å². The smallest absolute Gasteiger partial charge is 0.0306 e. The molecule has 0 heterocycles. The Morgan fingerprint density at radius 2 is 1.38 bits per heavy atom. The van der Waals surface area contributed by atoms with Gasteiger partial charge in [0, 0.05) is 0 Å². The predicted molar refractivity (Wildman–Crippen MR) is 73.4 cm³/mol. The third-order valence-electron chi connectivity index (χ3n) is 5.52. The van der Waals surface area contributed by atoms with Crippen LogP contribution >= 0.6 is 0 Å². The van der Waals surface area contributed by atoms with Crippen molar-refractivity contribution in [1.82, 2.24) is 0 Å². The molecule has 0 saturated heterocycles. The van der Waals surface area contributed by atoms with Crippen LogP contribution in [0.15, 0.2) is 0 Å². The van der Waals surface area contributed by atoms with Gasteiger partial charge in [0.05, 0.1) is 0 Å². The molecule has 0 spiro atoms. The minimum atomic E-state index is 0.543. The van der Waals surface area contributed by atoms with Gasteiger partial charge in [0.25, 0.3) is 0 Å². The van der Waals surface area contributed by atoms with Crippen LogP contribution in [0.3, 0.4) is 0 Å². The molecule has 1 saturated carbocycles. The highest BCUT2D eigenvalue weighted by atomic mass is 14.6. The minimum Gasteiger partial charge on any atom is -0.0625 e. The number of rotatable bonds is 5. The SMILES string of the molecule is CC(C)C(C)C(C)CC(C)(C)C1C(C)C1C. The molecule has 1 fully saturated rings. The Kier molecular flexibility index (Phi) is 4.13. The van der Waals surface area contributed by atoms with Gasteiger partial charge in [0.15, 0.2) is 0 Å². The summed E-state index contributed by atoms with van der Waals surface area (Å²) in [5, 5.41) is 0. The van der Waals surface area contributed by atoms with Crippen molar-refractivity contribution in [3.05, 3.63) is 0 Å². The van der Waals surface area contributed by atoms with Gasteiger partial charge in [-0.2, -0.15) is 0 Å². The van der Waals surface area contributed by atoms with Crippen LogP contribution in [0.4, 0.5) is 0 Å². The third-order valence-corrected chi connectivity index (χ3v) is 5.52. The molecule has 0 aromatic carbocycles. The number of hydrogen-bond acceptors (Lipinski definition) is 0. The molecular formula is C16H32. The Morgan fingerprint density at radius 1 is 0.938 bits per heavy atom. The van der Waals surface area contributed by atoms with E-state index in [0.717, 1.165) is 35.5 Å². The largest absolute Gasteiger partial charge is 0.0625 e. The molecule has 0 nitrogen and oxygen atoms in total. The molecule has 0 bridgehead atoms. The Balaban J connectivity index is 2.53. The zero-order valence-corrected chi connectivity index (χ0v) is 12.7. The molecule has 0 aliphatic heterocycles. The molecule has 0 radical (unpaired) electrons. The Hall–Kier alpha value is 0. The van der Waals surface area contributed by atoms with Gasteiger partial charge < -0.3 is 0 Å². The normalized spacial score (nSPS) is 33.9. The van der Waals surface area contributed by atoms with Crippen molar-refractivity contribution in [2.24, 2.45) is 40.9 Å². The first-order valence-electron chi connectivity index (χ1n) is 7.18. The van der Waals surface area contributed by atoms with Crippen LogP contribution < -0.4 is 0 Å². The first-order valence-corrected chi connectivity index (χ1v) is 7.18. The lowest BCUT2D eigenvalue weighted by atomic mass is 9.72. The summed E-state index contributed by atoms with van der Waals surface area (Å²) in [4.78, 5) is 0. The second-order valence-corrected chi connectivity index (χ2v) is 7.52. The molecule has 0 aromatic rings. The summed E-state index contributed by atoms with van der Waals surface area (Å²) < 4.78 is 0. The lowest BCUT2D eigenvalue weighted by molar-refractivity contribution is 0.166. The molecule has 4 atom stereocenters. The zero-order valence-electron chi connectivity index (χ0n) is 12.7. The molecule has 0 aromatic heterocycles. The average molecular weight is 224 g/mol. The highest BCUT2D eigenvalue weighted by Gasteiger charge is 2.51. The van der Waals surface area contributed by atoms with E-state index in [4.69, 9.17) is 0 Å². The maximum Gasteiger partial charge on any atom is -0.0306 e. The maximum absolute atomic E-state index is 2.49. The highest BCUT2D eigenvalue weighted by Crippen LogP contribution is 2.58. The molecule has 96 valence electrons. The monoisotopic (exact) mass is 224 g/mol. The van der Waals surface area contributed by atoms with E-state index < -0.39 is 0 Å². The van der Waals surface area contributed by atoms with E-state index in [1.165, 1.54) is 6.42 Å². The fourth-order valence-electron chi connectivity index (χ4n) is 3.89. The van der Waals surface area contributed by atoms with E-state index in [1.807, 2.05) is 0 Å². The standard InChI is InChI=1S/C16H32/c1-10(2)12(4)11(3)9-16(7,8)15-13(5)14(15)6/h10-15H,9H2,1-8H3. The van der Waals surface area contributed by atoms with Crippen molar-refractivity contribution >= 4 is 0 Å². The minimum absolute atomic E-state index is 0.543. The van der Waals surface area contributed by atoms with Gasteiger partial charge in [-0.25, -0.2) is 0 Å². The number of hydrogen-bond donors (Lipinski definition) is 0. The lowest BCUT2D eigenvalue weighted by Gasteiger charge is -2.33. The van der Waals surface area contributed by atoms with Crippen LogP contribution in [0.2, 0.25) is 0 Å². The van der Waals surface area contributed by atoms with Crippen LogP contribution in [0.25, 0.3) is 0 Å². The van der Waals surface area contributed by atoms with Gasteiger partial charge in [-0.3, -0.25) is 0 Å². The second kappa shape index (κ2) is 4.70. The van der Waals surface area contributed by atoms with E-state index in [9.17, 15) is 0 Å². The zero-order chi connectivity index (χ0) is 12.7. The Bertz CT molecular complexity index is 218. The van der Waals surface area contributed by atoms with E-state index in [-0.39, 0.29) is 0 Å². The summed E-state index contributed by atoms with van der Waals surface area (Å²) >= 11 is 0. The summed E-state index contributed by atoms with van der Waals surface area (Å²) in [5.74, 6) is 5.40. The van der Waals surface area contributed by atoms with Crippen LogP contribution in [-0.4, -0.2) is 0 Å². The molecule has 16 heavy (non-hydrogen) atoms. The van der Waals surface area contributed by atoms with Gasteiger partial charge in [-0.15, -0.1) is 0 Å². The van der Waals surface area contributed by atoms with Crippen LogP contribution in [0.5, 0.6) is 0 Å². The van der Waals surface area contributed by atoms with Crippen LogP contribution in [0, 0.1) is 40.9 Å². The van der Waals surface area contributed by atoms with Crippen molar-refractivity contribution in [2.75, 3.05) is 0 Å². The fraction of sp³-hybridized carbons (Fsp3) is 1.00. The summed E-state index contributed by atoms with van der Waals surface area (Å²) in [6, 6.07) is 0. The molecule has 1 aliphatic rings. The van der Waals surface area contributed by atoms with E-state index >= 15 is 0 Å². The van der Waals surface area contributed by atoms with Gasteiger partial charge in [0.1, 0.15) is 0 Å². The topological polar surface area (TPSA) is 0 Å². The van der Waals surface area contributed by atoms with Gasteiger partial charge in [-0.05, 0) is 47.3 Å².